The summed E-state index contributed by atoms with van der Waals surface area (Å²) in [6.07, 6.45) is 3.93. The number of carbonyl (C=O) groups excluding carboxylic acids is 2. The number of aromatic nitrogens is 4. The van der Waals surface area contributed by atoms with Gasteiger partial charge in [-0.15, -0.1) is 0 Å². The molecule has 2 aromatic heterocycles. The van der Waals surface area contributed by atoms with Crippen LogP contribution in [0, 0.1) is 66.0 Å². The van der Waals surface area contributed by atoms with Crippen molar-refractivity contribution in [2.24, 2.45) is 46.3 Å². The Morgan fingerprint density at radius 2 is 1.72 bits per heavy atom. The molecule has 3 aromatic rings. The van der Waals surface area contributed by atoms with Gasteiger partial charge in [0.05, 0.1) is 35.1 Å². The van der Waals surface area contributed by atoms with E-state index < -0.39 is 17.7 Å². The zero-order chi connectivity index (χ0) is 35.0. The Labute approximate surface area is 289 Å². The predicted molar refractivity (Wildman–Crippen MR) is 177 cm³/mol. The van der Waals surface area contributed by atoms with Gasteiger partial charge in [0.25, 0.3) is 0 Å². The van der Waals surface area contributed by atoms with E-state index in [0.29, 0.717) is 95.1 Å². The minimum atomic E-state index is -0.657. The van der Waals surface area contributed by atoms with E-state index in [9.17, 15) is 18.8 Å². The third-order valence-corrected chi connectivity index (χ3v) is 15.1. The average Bonchev–Trinajstić information content (AvgIpc) is 3.80. The van der Waals surface area contributed by atoms with Gasteiger partial charge in [-0.25, -0.2) is 18.7 Å². The molecular formula is C38H43FN6O5. The third kappa shape index (κ3) is 2.55. The Morgan fingerprint density at radius 1 is 1.06 bits per heavy atom. The van der Waals surface area contributed by atoms with Crippen molar-refractivity contribution in [3.05, 3.63) is 63.2 Å². The van der Waals surface area contributed by atoms with Crippen molar-refractivity contribution in [3.63, 3.8) is 0 Å². The molecule has 3 heterocycles. The number of methoxy groups -OCH3 is 1. The second-order valence-electron chi connectivity index (χ2n) is 17.6. The zero-order valence-corrected chi connectivity index (χ0v) is 29.8. The second kappa shape index (κ2) is 8.24. The van der Waals surface area contributed by atoms with Gasteiger partial charge in [-0.2, -0.15) is 5.10 Å². The Bertz CT molecular complexity index is 2160. The van der Waals surface area contributed by atoms with E-state index >= 15 is 0 Å². The first-order valence-electron chi connectivity index (χ1n) is 18.2. The fourth-order valence-electron chi connectivity index (χ4n) is 14.6. The summed E-state index contributed by atoms with van der Waals surface area (Å²) in [7, 11) is 1.69. The number of rotatable bonds is 7. The molecule has 0 radical (unpaired) electrons. The van der Waals surface area contributed by atoms with Crippen molar-refractivity contribution >= 4 is 12.0 Å². The minimum absolute atomic E-state index is 0.0288. The van der Waals surface area contributed by atoms with E-state index in [1.54, 1.807) is 54.2 Å². The van der Waals surface area contributed by atoms with Crippen molar-refractivity contribution in [2.75, 3.05) is 26.8 Å². The molecule has 12 heteroatoms. The lowest BCUT2D eigenvalue weighted by Gasteiger charge is -2.87. The summed E-state index contributed by atoms with van der Waals surface area (Å²) in [6, 6.07) is 3.12. The van der Waals surface area contributed by atoms with Crippen molar-refractivity contribution in [3.8, 4) is 11.5 Å². The van der Waals surface area contributed by atoms with Gasteiger partial charge >= 0.3 is 11.8 Å². The molecule has 1 aromatic carbocycles. The topological polar surface area (TPSA) is 104 Å². The maximum Gasteiger partial charge on any atom is 0.410 e. The number of carbonyl (C=O) groups is 2. The number of ether oxygens (including phenoxy) is 2. The summed E-state index contributed by atoms with van der Waals surface area (Å²) in [5.41, 5.74) is 2.93. The van der Waals surface area contributed by atoms with Crippen molar-refractivity contribution < 1.29 is 23.5 Å². The van der Waals surface area contributed by atoms with Gasteiger partial charge in [-0.1, -0.05) is 0 Å². The molecule has 7 fully saturated rings. The molecule has 7 saturated carbocycles. The van der Waals surface area contributed by atoms with Gasteiger partial charge in [0.1, 0.15) is 17.2 Å². The highest BCUT2D eigenvalue weighted by molar-refractivity contribution is 5.84. The fraction of sp³-hybridized carbons (Fsp3) is 0.632. The van der Waals surface area contributed by atoms with Gasteiger partial charge in [-0.05, 0) is 111 Å². The molecule has 262 valence electrons. The van der Waals surface area contributed by atoms with Gasteiger partial charge < -0.3 is 19.3 Å². The number of fused-ring (bicyclic) bond motifs is 7. The Hall–Kier alpha value is -3.93. The molecule has 6 unspecified atom stereocenters. The SMILES string of the molecule is COCCN(C(C)=O)C12C3C4C35C1C13C2C1C4(n1ccn(-c2c4c(nn2-c2cc(C)c(F)c(C)c2)CCN(C(=O)OC(C)(C)C)[C@H]4C)c1=O)C53. The number of imidazole rings is 1. The number of benzene rings is 1. The van der Waals surface area contributed by atoms with Crippen LogP contribution < -0.4 is 5.69 Å². The van der Waals surface area contributed by atoms with E-state index in [1.165, 1.54) is 0 Å². The van der Waals surface area contributed by atoms with E-state index in [2.05, 4.69) is 4.90 Å². The summed E-state index contributed by atoms with van der Waals surface area (Å²) in [5.74, 6) is 3.36. The van der Waals surface area contributed by atoms with E-state index in [-0.39, 0.29) is 28.5 Å². The van der Waals surface area contributed by atoms with Crippen LogP contribution in [-0.4, -0.2) is 78.7 Å². The maximum atomic E-state index is 14.9. The molecule has 7 atom stereocenters. The summed E-state index contributed by atoms with van der Waals surface area (Å²) >= 11 is 0. The first-order valence-corrected chi connectivity index (χ1v) is 18.2. The van der Waals surface area contributed by atoms with Gasteiger partial charge in [-0.3, -0.25) is 13.9 Å². The molecule has 0 bridgehead atoms. The second-order valence-corrected chi connectivity index (χ2v) is 17.6. The van der Waals surface area contributed by atoms with Crippen LogP contribution >= 0.6 is 0 Å². The van der Waals surface area contributed by atoms with Crippen LogP contribution in [0.5, 0.6) is 0 Å². The summed E-state index contributed by atoms with van der Waals surface area (Å²) in [5, 5.41) is 5.06. The molecule has 7 aliphatic carbocycles. The Balaban J connectivity index is 1.02. The smallest absolute Gasteiger partial charge is 0.410 e. The lowest BCUT2D eigenvalue weighted by molar-refractivity contribution is -0.404. The minimum Gasteiger partial charge on any atom is -0.444 e. The first-order chi connectivity index (χ1) is 23.7. The van der Waals surface area contributed by atoms with E-state index in [1.807, 2.05) is 44.7 Å². The molecule has 0 saturated heterocycles. The number of amides is 2. The molecule has 8 aliphatic rings. The molecular weight excluding hydrogens is 639 g/mol. The van der Waals surface area contributed by atoms with Gasteiger partial charge in [0.15, 0.2) is 0 Å². The van der Waals surface area contributed by atoms with Crippen molar-refractivity contribution in [1.82, 2.24) is 28.7 Å². The highest BCUT2D eigenvalue weighted by Crippen LogP contribution is 3.28. The molecule has 11 nitrogen and oxygen atoms in total. The number of nitrogens with zero attached hydrogens (tertiary/aromatic N) is 6. The van der Waals surface area contributed by atoms with Crippen LogP contribution in [-0.2, 0) is 26.2 Å². The highest BCUT2D eigenvalue weighted by Gasteiger charge is 3.31. The summed E-state index contributed by atoms with van der Waals surface area (Å²) in [6.45, 7) is 14.3. The van der Waals surface area contributed by atoms with Crippen LogP contribution in [0.4, 0.5) is 9.18 Å². The first kappa shape index (κ1) is 29.8. The molecule has 50 heavy (non-hydrogen) atoms. The molecule has 1 aliphatic heterocycles. The van der Waals surface area contributed by atoms with Crippen LogP contribution in [0.3, 0.4) is 0 Å². The standard InChI is InChI=1S/C38H43FN6O5/c1-17-15-21(16-18(2)24(17)39)45-29(23-19(3)41(10-9-22(23)40-45)33(48)50-34(5,6)7)42-11-12-44(32(42)47)38-27-25-35(27)30-36(31(35)38)26(28(36)38)37(25,30)43(20(4)46)13-14-49-8/h11-12,15-16,19,25-28,30-31H,9-10,13-14H2,1-8H3/t19-,25?,26?,27?,28?,30?,31?,35?,36?,37?,38?/m0/s1. The zero-order valence-electron chi connectivity index (χ0n) is 29.8. The number of halogens is 1. The summed E-state index contributed by atoms with van der Waals surface area (Å²) < 4.78 is 31.6. The summed E-state index contributed by atoms with van der Waals surface area (Å²) in [4.78, 5) is 45.3. The monoisotopic (exact) mass is 682 g/mol. The lowest BCUT2D eigenvalue weighted by atomic mass is 9.19. The third-order valence-electron chi connectivity index (χ3n) is 15.1. The quantitative estimate of drug-likeness (QED) is 0.372. The van der Waals surface area contributed by atoms with Gasteiger partial charge in [0, 0.05) is 51.5 Å². The van der Waals surface area contributed by atoms with Crippen LogP contribution in [0.2, 0.25) is 0 Å². The van der Waals surface area contributed by atoms with E-state index in [4.69, 9.17) is 14.6 Å². The molecule has 2 spiro atoms. The maximum absolute atomic E-state index is 14.9. The number of hydrogen-bond donors (Lipinski definition) is 0. The highest BCUT2D eigenvalue weighted by atomic mass is 19.1. The molecule has 0 N–H and O–H groups in total. The van der Waals surface area contributed by atoms with Crippen LogP contribution in [0.1, 0.15) is 63.0 Å². The molecule has 2 amide bonds. The van der Waals surface area contributed by atoms with Gasteiger partial charge in [0.2, 0.25) is 5.91 Å². The largest absolute Gasteiger partial charge is 0.444 e. The average molecular weight is 683 g/mol. The van der Waals surface area contributed by atoms with Crippen LogP contribution in [0.15, 0.2) is 29.3 Å². The van der Waals surface area contributed by atoms with E-state index in [0.717, 1.165) is 11.3 Å². The Morgan fingerprint density at radius 3 is 2.32 bits per heavy atom. The lowest BCUT2D eigenvalue weighted by Crippen LogP contribution is -2.92. The number of aryl methyl sites for hydroxylation is 2. The fourth-order valence-corrected chi connectivity index (χ4v) is 14.6. The van der Waals surface area contributed by atoms with Crippen molar-refractivity contribution in [2.45, 2.75) is 77.6 Å². The Kier molecular flexibility index (Phi) is 4.91. The van der Waals surface area contributed by atoms with Crippen LogP contribution in [0.25, 0.3) is 11.5 Å². The molecule has 11 rings (SSSR count). The number of hydrogen-bond acceptors (Lipinski definition) is 6. The predicted octanol–water partition coefficient (Wildman–Crippen LogP) is 4.13. The normalized spacial score (nSPS) is 40.5. The van der Waals surface area contributed by atoms with Crippen molar-refractivity contribution in [1.29, 1.82) is 0 Å².